The SMILES string of the molecule is CCOc1ccccc1-c1nc(CC(=O)OCc2nc(-c3cccc(OC)c3)no2)cs1. The van der Waals surface area contributed by atoms with Crippen LogP contribution < -0.4 is 9.47 Å². The first-order valence-electron chi connectivity index (χ1n) is 9.95. The van der Waals surface area contributed by atoms with Gasteiger partial charge in [0, 0.05) is 10.9 Å². The van der Waals surface area contributed by atoms with Crippen molar-refractivity contribution in [3.63, 3.8) is 0 Å². The fraction of sp³-hybridized carbons (Fsp3) is 0.217. The van der Waals surface area contributed by atoms with Gasteiger partial charge in [0.2, 0.25) is 5.82 Å². The second kappa shape index (κ2) is 10.1. The molecule has 0 radical (unpaired) electrons. The van der Waals surface area contributed by atoms with Gasteiger partial charge < -0.3 is 18.7 Å². The van der Waals surface area contributed by atoms with Crippen molar-refractivity contribution >= 4 is 17.3 Å². The molecule has 2 aromatic heterocycles. The molecule has 0 aliphatic rings. The van der Waals surface area contributed by atoms with Crippen LogP contribution in [-0.4, -0.2) is 34.8 Å². The maximum atomic E-state index is 12.3. The molecule has 32 heavy (non-hydrogen) atoms. The van der Waals surface area contributed by atoms with Crippen LogP contribution in [0.25, 0.3) is 22.0 Å². The topological polar surface area (TPSA) is 96.6 Å². The fourth-order valence-electron chi connectivity index (χ4n) is 2.97. The van der Waals surface area contributed by atoms with E-state index in [2.05, 4.69) is 15.1 Å². The molecule has 0 N–H and O–H groups in total. The zero-order valence-corrected chi connectivity index (χ0v) is 18.4. The lowest BCUT2D eigenvalue weighted by atomic mass is 10.2. The highest BCUT2D eigenvalue weighted by molar-refractivity contribution is 7.13. The van der Waals surface area contributed by atoms with Crippen LogP contribution >= 0.6 is 11.3 Å². The number of hydrogen-bond donors (Lipinski definition) is 0. The van der Waals surface area contributed by atoms with E-state index in [4.69, 9.17) is 18.7 Å². The summed E-state index contributed by atoms with van der Waals surface area (Å²) in [5.74, 6) is 1.63. The first-order chi connectivity index (χ1) is 15.7. The summed E-state index contributed by atoms with van der Waals surface area (Å²) in [7, 11) is 1.59. The minimum absolute atomic E-state index is 0.0458. The fourth-order valence-corrected chi connectivity index (χ4v) is 3.82. The number of aromatic nitrogens is 3. The number of ether oxygens (including phenoxy) is 3. The lowest BCUT2D eigenvalue weighted by Crippen LogP contribution is -2.08. The smallest absolute Gasteiger partial charge is 0.312 e. The highest BCUT2D eigenvalue weighted by atomic mass is 32.1. The van der Waals surface area contributed by atoms with Crippen molar-refractivity contribution in [2.45, 2.75) is 20.0 Å². The predicted molar refractivity (Wildman–Crippen MR) is 119 cm³/mol. The van der Waals surface area contributed by atoms with E-state index in [1.54, 1.807) is 13.2 Å². The Kier molecular flexibility index (Phi) is 6.76. The quantitative estimate of drug-likeness (QED) is 0.342. The van der Waals surface area contributed by atoms with Crippen LogP contribution in [0.2, 0.25) is 0 Å². The van der Waals surface area contributed by atoms with Crippen molar-refractivity contribution in [1.29, 1.82) is 0 Å². The monoisotopic (exact) mass is 451 g/mol. The number of para-hydroxylation sites is 1. The first kappa shape index (κ1) is 21.5. The molecule has 0 saturated heterocycles. The van der Waals surface area contributed by atoms with Crippen molar-refractivity contribution in [3.8, 4) is 33.5 Å². The Labute approximate surface area is 188 Å². The maximum Gasteiger partial charge on any atom is 0.312 e. The number of esters is 1. The molecule has 9 heteroatoms. The molecular formula is C23H21N3O5S. The number of methoxy groups -OCH3 is 1. The number of rotatable bonds is 9. The van der Waals surface area contributed by atoms with Gasteiger partial charge in [0.05, 0.1) is 31.4 Å². The van der Waals surface area contributed by atoms with Gasteiger partial charge in [0.15, 0.2) is 6.61 Å². The van der Waals surface area contributed by atoms with Crippen LogP contribution in [0.5, 0.6) is 11.5 Å². The minimum atomic E-state index is -0.430. The summed E-state index contributed by atoms with van der Waals surface area (Å²) >= 11 is 1.45. The number of carbonyl (C=O) groups excluding carboxylic acids is 1. The van der Waals surface area contributed by atoms with Gasteiger partial charge in [-0.25, -0.2) is 4.98 Å². The highest BCUT2D eigenvalue weighted by Gasteiger charge is 2.15. The van der Waals surface area contributed by atoms with Gasteiger partial charge >= 0.3 is 5.97 Å². The van der Waals surface area contributed by atoms with E-state index in [1.807, 2.05) is 54.8 Å². The third-order valence-electron chi connectivity index (χ3n) is 4.45. The third kappa shape index (κ3) is 5.12. The Balaban J connectivity index is 1.35. The molecule has 0 aliphatic heterocycles. The van der Waals surface area contributed by atoms with Gasteiger partial charge in [-0.1, -0.05) is 29.4 Å². The van der Waals surface area contributed by atoms with E-state index < -0.39 is 5.97 Å². The molecule has 4 aromatic rings. The standard InChI is InChI=1S/C23H21N3O5S/c1-3-29-19-10-5-4-9-18(19)23-24-16(14-32-23)12-21(27)30-13-20-25-22(26-31-20)15-7-6-8-17(11-15)28-2/h4-11,14H,3,12-13H2,1-2H3. The van der Waals surface area contributed by atoms with Gasteiger partial charge in [-0.15, -0.1) is 11.3 Å². The number of benzene rings is 2. The molecule has 2 aromatic carbocycles. The molecule has 0 amide bonds. The molecule has 0 saturated carbocycles. The lowest BCUT2D eigenvalue weighted by Gasteiger charge is -2.07. The van der Waals surface area contributed by atoms with E-state index in [0.29, 0.717) is 23.9 Å². The van der Waals surface area contributed by atoms with Gasteiger partial charge in [-0.3, -0.25) is 4.79 Å². The van der Waals surface area contributed by atoms with Crippen LogP contribution in [0.15, 0.2) is 58.4 Å². The van der Waals surface area contributed by atoms with Crippen molar-refractivity contribution in [2.24, 2.45) is 0 Å². The molecule has 0 atom stereocenters. The van der Waals surface area contributed by atoms with Gasteiger partial charge in [0.25, 0.3) is 5.89 Å². The van der Waals surface area contributed by atoms with Crippen LogP contribution in [0.4, 0.5) is 0 Å². The van der Waals surface area contributed by atoms with E-state index in [-0.39, 0.29) is 18.9 Å². The zero-order valence-electron chi connectivity index (χ0n) is 17.6. The molecule has 0 fully saturated rings. The normalized spacial score (nSPS) is 10.7. The summed E-state index contributed by atoms with van der Waals surface area (Å²) in [5, 5.41) is 6.56. The number of carbonyl (C=O) groups is 1. The van der Waals surface area contributed by atoms with Crippen LogP contribution in [0.1, 0.15) is 18.5 Å². The lowest BCUT2D eigenvalue weighted by molar-refractivity contribution is -0.144. The molecule has 0 aliphatic carbocycles. The average molecular weight is 452 g/mol. The second-order valence-corrected chi connectivity index (χ2v) is 7.51. The van der Waals surface area contributed by atoms with Crippen LogP contribution in [0.3, 0.4) is 0 Å². The molecule has 4 rings (SSSR count). The highest BCUT2D eigenvalue weighted by Crippen LogP contribution is 2.32. The zero-order chi connectivity index (χ0) is 22.3. The van der Waals surface area contributed by atoms with Crippen LogP contribution in [0, 0.1) is 0 Å². The van der Waals surface area contributed by atoms with Gasteiger partial charge in [0.1, 0.15) is 16.5 Å². The van der Waals surface area contributed by atoms with E-state index in [0.717, 1.165) is 21.9 Å². The Bertz CT molecular complexity index is 1200. The van der Waals surface area contributed by atoms with Crippen LogP contribution in [-0.2, 0) is 22.6 Å². The van der Waals surface area contributed by atoms with Crippen molar-refractivity contribution in [1.82, 2.24) is 15.1 Å². The Morgan fingerprint density at radius 1 is 1.12 bits per heavy atom. The maximum absolute atomic E-state index is 12.3. The summed E-state index contributed by atoms with van der Waals surface area (Å²) in [4.78, 5) is 21.1. The minimum Gasteiger partial charge on any atom is -0.497 e. The largest absolute Gasteiger partial charge is 0.497 e. The van der Waals surface area contributed by atoms with Gasteiger partial charge in [-0.05, 0) is 31.2 Å². The molecule has 8 nitrogen and oxygen atoms in total. The molecular weight excluding hydrogens is 430 g/mol. The molecule has 0 bridgehead atoms. The van der Waals surface area contributed by atoms with E-state index >= 15 is 0 Å². The number of nitrogens with zero attached hydrogens (tertiary/aromatic N) is 3. The molecule has 0 unspecified atom stereocenters. The molecule has 2 heterocycles. The summed E-state index contributed by atoms with van der Waals surface area (Å²) in [5.41, 5.74) is 2.27. The number of hydrogen-bond acceptors (Lipinski definition) is 9. The van der Waals surface area contributed by atoms with E-state index in [9.17, 15) is 4.79 Å². The van der Waals surface area contributed by atoms with Crippen molar-refractivity contribution in [3.05, 3.63) is 65.5 Å². The van der Waals surface area contributed by atoms with E-state index in [1.165, 1.54) is 11.3 Å². The van der Waals surface area contributed by atoms with Crippen molar-refractivity contribution < 1.29 is 23.5 Å². The van der Waals surface area contributed by atoms with Crippen molar-refractivity contribution in [2.75, 3.05) is 13.7 Å². The Morgan fingerprint density at radius 2 is 2.00 bits per heavy atom. The summed E-state index contributed by atoms with van der Waals surface area (Å²) in [6, 6.07) is 15.0. The summed E-state index contributed by atoms with van der Waals surface area (Å²) in [6.45, 7) is 2.39. The molecule has 164 valence electrons. The first-order valence-corrected chi connectivity index (χ1v) is 10.8. The second-order valence-electron chi connectivity index (χ2n) is 6.65. The van der Waals surface area contributed by atoms with Gasteiger partial charge in [-0.2, -0.15) is 4.98 Å². The predicted octanol–water partition coefficient (Wildman–Crippen LogP) is 4.55. The Morgan fingerprint density at radius 3 is 2.84 bits per heavy atom. The average Bonchev–Trinajstić information content (AvgIpc) is 3.48. The number of thiazole rings is 1. The third-order valence-corrected chi connectivity index (χ3v) is 5.37. The summed E-state index contributed by atoms with van der Waals surface area (Å²) in [6.07, 6.45) is 0.0458. The Hall–Kier alpha value is -3.72. The summed E-state index contributed by atoms with van der Waals surface area (Å²) < 4.78 is 21.3. The molecule has 0 spiro atoms.